The van der Waals surface area contributed by atoms with Crippen molar-refractivity contribution in [2.45, 2.75) is 44.6 Å². The summed E-state index contributed by atoms with van der Waals surface area (Å²) in [6.07, 6.45) is 0.699. The Morgan fingerprint density at radius 2 is 1.76 bits per heavy atom. The number of carbonyl (C=O) groups excluding carboxylic acids is 2. The molecule has 1 heterocycles. The molecule has 1 fully saturated rings. The third-order valence-corrected chi connectivity index (χ3v) is 8.13. The van der Waals surface area contributed by atoms with Gasteiger partial charge in [-0.05, 0) is 62.9 Å². The van der Waals surface area contributed by atoms with E-state index >= 15 is 0 Å². The van der Waals surface area contributed by atoms with E-state index in [4.69, 9.17) is 9.47 Å². The highest BCUT2D eigenvalue weighted by molar-refractivity contribution is 7.89. The van der Waals surface area contributed by atoms with E-state index in [0.717, 1.165) is 16.7 Å². The zero-order valence-electron chi connectivity index (χ0n) is 20.0. The Morgan fingerprint density at radius 3 is 2.41 bits per heavy atom. The van der Waals surface area contributed by atoms with Crippen LogP contribution in [0.15, 0.2) is 47.4 Å². The van der Waals surface area contributed by atoms with Crippen molar-refractivity contribution in [1.82, 2.24) is 9.62 Å². The fourth-order valence-corrected chi connectivity index (χ4v) is 5.55. The molecule has 3 rings (SSSR count). The highest BCUT2D eigenvalue weighted by Crippen LogP contribution is 2.26. The minimum atomic E-state index is -3.61. The second-order valence-electron chi connectivity index (χ2n) is 8.56. The van der Waals surface area contributed by atoms with E-state index in [2.05, 4.69) is 5.32 Å². The quantitative estimate of drug-likeness (QED) is 0.573. The second kappa shape index (κ2) is 11.0. The first-order chi connectivity index (χ1) is 16.1. The van der Waals surface area contributed by atoms with Crippen molar-refractivity contribution in [3.63, 3.8) is 0 Å². The summed E-state index contributed by atoms with van der Waals surface area (Å²) in [4.78, 5) is 25.0. The Bertz CT molecular complexity index is 1140. The topological polar surface area (TPSA) is 102 Å². The molecule has 184 valence electrons. The van der Waals surface area contributed by atoms with E-state index in [-0.39, 0.29) is 30.6 Å². The molecule has 0 aromatic heterocycles. The average Bonchev–Trinajstić information content (AvgIpc) is 2.84. The van der Waals surface area contributed by atoms with E-state index in [9.17, 15) is 18.0 Å². The van der Waals surface area contributed by atoms with Gasteiger partial charge in [0.05, 0.1) is 24.0 Å². The maximum absolute atomic E-state index is 13.0. The second-order valence-corrected chi connectivity index (χ2v) is 10.5. The van der Waals surface area contributed by atoms with Gasteiger partial charge in [-0.2, -0.15) is 4.31 Å². The van der Waals surface area contributed by atoms with E-state index in [1.165, 1.54) is 4.31 Å². The number of nitrogens with one attached hydrogen (secondary N) is 1. The van der Waals surface area contributed by atoms with Crippen LogP contribution in [0.4, 0.5) is 0 Å². The van der Waals surface area contributed by atoms with Crippen LogP contribution in [0.1, 0.15) is 42.5 Å². The molecule has 1 N–H and O–H groups in total. The molecule has 9 heteroatoms. The summed E-state index contributed by atoms with van der Waals surface area (Å²) in [5.41, 5.74) is 2.77. The number of rotatable bonds is 8. The number of hydrogen-bond donors (Lipinski definition) is 1. The SMILES string of the molecule is COc1ccccc1C(C)NC(=O)COC(=O)C1CCN(S(=O)(=O)c2ccc(C)c(C)c2)CC1. The van der Waals surface area contributed by atoms with Crippen molar-refractivity contribution in [3.8, 4) is 5.75 Å². The van der Waals surface area contributed by atoms with Crippen molar-refractivity contribution >= 4 is 21.9 Å². The van der Waals surface area contributed by atoms with Gasteiger partial charge in [0.2, 0.25) is 10.0 Å². The number of hydrogen-bond acceptors (Lipinski definition) is 6. The summed E-state index contributed by atoms with van der Waals surface area (Å²) in [5, 5.41) is 2.80. The van der Waals surface area contributed by atoms with Gasteiger partial charge in [-0.3, -0.25) is 9.59 Å². The maximum atomic E-state index is 13.0. The molecule has 0 radical (unpaired) electrons. The maximum Gasteiger partial charge on any atom is 0.309 e. The predicted octanol–water partition coefficient (Wildman–Crippen LogP) is 3.13. The minimum absolute atomic E-state index is 0.228. The number of ether oxygens (including phenoxy) is 2. The van der Waals surface area contributed by atoms with Crippen LogP contribution >= 0.6 is 0 Å². The number of piperidine rings is 1. The molecule has 0 bridgehead atoms. The van der Waals surface area contributed by atoms with E-state index in [0.29, 0.717) is 18.6 Å². The Morgan fingerprint density at radius 1 is 1.09 bits per heavy atom. The van der Waals surface area contributed by atoms with Crippen LogP contribution in [-0.2, 0) is 24.3 Å². The van der Waals surface area contributed by atoms with E-state index in [1.54, 1.807) is 25.3 Å². The monoisotopic (exact) mass is 488 g/mol. The van der Waals surface area contributed by atoms with Gasteiger partial charge in [0, 0.05) is 18.7 Å². The first-order valence-corrected chi connectivity index (χ1v) is 12.7. The first kappa shape index (κ1) is 25.7. The van der Waals surface area contributed by atoms with Gasteiger partial charge in [-0.1, -0.05) is 24.3 Å². The molecule has 0 saturated carbocycles. The minimum Gasteiger partial charge on any atom is -0.496 e. The predicted molar refractivity (Wildman–Crippen MR) is 128 cm³/mol. The van der Waals surface area contributed by atoms with E-state index < -0.39 is 27.8 Å². The standard InChI is InChI=1S/C25H32N2O6S/c1-17-9-10-21(15-18(17)2)34(30,31)27-13-11-20(12-14-27)25(29)33-16-24(28)26-19(3)22-7-5-6-8-23(22)32-4/h5-10,15,19-20H,11-14,16H2,1-4H3,(H,26,28). The molecule has 0 spiro atoms. The van der Waals surface area contributed by atoms with Gasteiger partial charge in [-0.15, -0.1) is 0 Å². The summed E-state index contributed by atoms with van der Waals surface area (Å²) in [5.74, 6) is -0.676. The highest BCUT2D eigenvalue weighted by atomic mass is 32.2. The summed E-state index contributed by atoms with van der Waals surface area (Å²) >= 11 is 0. The number of para-hydroxylation sites is 1. The number of methoxy groups -OCH3 is 1. The Balaban J connectivity index is 1.49. The lowest BCUT2D eigenvalue weighted by Gasteiger charge is -2.30. The lowest BCUT2D eigenvalue weighted by molar-refractivity contribution is -0.153. The third kappa shape index (κ3) is 5.95. The van der Waals surface area contributed by atoms with Gasteiger partial charge >= 0.3 is 5.97 Å². The van der Waals surface area contributed by atoms with Gasteiger partial charge in [0.25, 0.3) is 5.91 Å². The van der Waals surface area contributed by atoms with Crippen molar-refractivity contribution in [2.24, 2.45) is 5.92 Å². The average molecular weight is 489 g/mol. The number of nitrogens with zero attached hydrogens (tertiary/aromatic N) is 1. The molecule has 8 nitrogen and oxygen atoms in total. The fourth-order valence-electron chi connectivity index (χ4n) is 3.99. The molecule has 2 aromatic rings. The van der Waals surface area contributed by atoms with Crippen LogP contribution in [0.3, 0.4) is 0 Å². The van der Waals surface area contributed by atoms with Crippen molar-refractivity contribution < 1.29 is 27.5 Å². The zero-order chi connectivity index (χ0) is 24.9. The number of benzene rings is 2. The number of carbonyl (C=O) groups is 2. The van der Waals surface area contributed by atoms with Gasteiger partial charge in [0.1, 0.15) is 5.75 Å². The molecule has 1 atom stereocenters. The highest BCUT2D eigenvalue weighted by Gasteiger charge is 2.33. The Labute approximate surface area is 201 Å². The molecule has 1 aliphatic rings. The van der Waals surface area contributed by atoms with Crippen molar-refractivity contribution in [3.05, 3.63) is 59.2 Å². The Hall–Kier alpha value is -2.91. The smallest absolute Gasteiger partial charge is 0.309 e. The van der Waals surface area contributed by atoms with Crippen molar-refractivity contribution in [2.75, 3.05) is 26.8 Å². The lowest BCUT2D eigenvalue weighted by Crippen LogP contribution is -2.41. The van der Waals surface area contributed by atoms with Crippen LogP contribution < -0.4 is 10.1 Å². The summed E-state index contributed by atoms with van der Waals surface area (Å²) < 4.78 is 37.9. The summed E-state index contributed by atoms with van der Waals surface area (Å²) in [6.45, 7) is 5.70. The molecular weight excluding hydrogens is 456 g/mol. The van der Waals surface area contributed by atoms with Crippen LogP contribution in [0.5, 0.6) is 5.75 Å². The van der Waals surface area contributed by atoms with Crippen LogP contribution in [-0.4, -0.2) is 51.4 Å². The molecule has 1 aliphatic heterocycles. The van der Waals surface area contributed by atoms with Crippen LogP contribution in [0.25, 0.3) is 0 Å². The summed E-state index contributed by atoms with van der Waals surface area (Å²) in [6, 6.07) is 12.1. The van der Waals surface area contributed by atoms with Crippen molar-refractivity contribution in [1.29, 1.82) is 0 Å². The number of amides is 1. The van der Waals surface area contributed by atoms with E-state index in [1.807, 2.05) is 45.0 Å². The number of esters is 1. The largest absolute Gasteiger partial charge is 0.496 e. The molecule has 1 amide bonds. The van der Waals surface area contributed by atoms with Gasteiger partial charge in [0.15, 0.2) is 6.61 Å². The molecule has 1 saturated heterocycles. The number of aryl methyl sites for hydroxylation is 2. The number of sulfonamides is 1. The zero-order valence-corrected chi connectivity index (χ0v) is 20.9. The van der Waals surface area contributed by atoms with Gasteiger partial charge in [-0.25, -0.2) is 8.42 Å². The summed E-state index contributed by atoms with van der Waals surface area (Å²) in [7, 11) is -2.05. The molecule has 34 heavy (non-hydrogen) atoms. The molecule has 1 unspecified atom stereocenters. The Kier molecular flexibility index (Phi) is 8.33. The normalized spacial score (nSPS) is 16.0. The lowest BCUT2D eigenvalue weighted by atomic mass is 9.98. The molecule has 2 aromatic carbocycles. The third-order valence-electron chi connectivity index (χ3n) is 6.23. The van der Waals surface area contributed by atoms with Crippen LogP contribution in [0, 0.1) is 19.8 Å². The first-order valence-electron chi connectivity index (χ1n) is 11.3. The van der Waals surface area contributed by atoms with Crippen LogP contribution in [0.2, 0.25) is 0 Å². The molecular formula is C25H32N2O6S. The molecule has 0 aliphatic carbocycles. The van der Waals surface area contributed by atoms with Gasteiger partial charge < -0.3 is 14.8 Å². The fraction of sp³-hybridized carbons (Fsp3) is 0.440.